The molecule has 0 radical (unpaired) electrons. The Balaban J connectivity index is 1.95. The number of rotatable bonds is 5. The summed E-state index contributed by atoms with van der Waals surface area (Å²) in [4.78, 5) is 7.80. The lowest BCUT2D eigenvalue weighted by Crippen LogP contribution is -2.02. The molecule has 0 bridgehead atoms. The molecule has 0 spiro atoms. The maximum Gasteiger partial charge on any atom is 0.261 e. The summed E-state index contributed by atoms with van der Waals surface area (Å²) in [5, 5.41) is 0.286. The van der Waals surface area contributed by atoms with E-state index in [1.165, 1.54) is 26.3 Å². The Bertz CT molecular complexity index is 342. The molecule has 1 fully saturated rings. The molecule has 0 saturated heterocycles. The topological polar surface area (TPSA) is 44.2 Å². The van der Waals surface area contributed by atoms with Gasteiger partial charge in [-0.1, -0.05) is 24.4 Å². The van der Waals surface area contributed by atoms with Gasteiger partial charge in [-0.3, -0.25) is 0 Å². The summed E-state index contributed by atoms with van der Waals surface area (Å²) in [5.74, 6) is 1.68. The van der Waals surface area contributed by atoms with E-state index in [0.29, 0.717) is 18.2 Å². The lowest BCUT2D eigenvalue weighted by Gasteiger charge is -2.09. The van der Waals surface area contributed by atoms with Crippen LogP contribution in [0.2, 0.25) is 5.15 Å². The van der Waals surface area contributed by atoms with Crippen LogP contribution >= 0.6 is 11.6 Å². The standard InChI is InChI=1S/C10H13ClN2O2/c1-14-8-9(11)12-6-13-10(8)15-5-4-7-2-3-7/h6-7H,2-5H2,1H3. The van der Waals surface area contributed by atoms with Crippen molar-refractivity contribution in [1.29, 1.82) is 0 Å². The predicted octanol–water partition coefficient (Wildman–Crippen LogP) is 2.32. The SMILES string of the molecule is COc1c(Cl)ncnc1OCCC1CC1. The molecule has 1 heterocycles. The van der Waals surface area contributed by atoms with E-state index in [1.54, 1.807) is 0 Å². The van der Waals surface area contributed by atoms with Gasteiger partial charge >= 0.3 is 0 Å². The van der Waals surface area contributed by atoms with Crippen LogP contribution in [0.3, 0.4) is 0 Å². The minimum absolute atomic E-state index is 0.286. The van der Waals surface area contributed by atoms with E-state index in [1.807, 2.05) is 0 Å². The summed E-state index contributed by atoms with van der Waals surface area (Å²) in [7, 11) is 1.53. The number of methoxy groups -OCH3 is 1. The van der Waals surface area contributed by atoms with Gasteiger partial charge in [0, 0.05) is 0 Å². The molecule has 1 aliphatic rings. The smallest absolute Gasteiger partial charge is 0.261 e. The van der Waals surface area contributed by atoms with Crippen LogP contribution < -0.4 is 9.47 Å². The van der Waals surface area contributed by atoms with Crippen molar-refractivity contribution in [3.8, 4) is 11.6 Å². The fraction of sp³-hybridized carbons (Fsp3) is 0.600. The lowest BCUT2D eigenvalue weighted by atomic mass is 10.3. The third-order valence-corrected chi connectivity index (χ3v) is 2.66. The largest absolute Gasteiger partial charge is 0.489 e. The Labute approximate surface area is 93.6 Å². The maximum absolute atomic E-state index is 5.83. The van der Waals surface area contributed by atoms with Crippen LogP contribution in [0.15, 0.2) is 6.33 Å². The lowest BCUT2D eigenvalue weighted by molar-refractivity contribution is 0.270. The van der Waals surface area contributed by atoms with Gasteiger partial charge in [0.1, 0.15) is 6.33 Å². The molecule has 1 aliphatic carbocycles. The van der Waals surface area contributed by atoms with Crippen LogP contribution in [0.25, 0.3) is 0 Å². The molecule has 0 aromatic carbocycles. The fourth-order valence-corrected chi connectivity index (χ4v) is 1.54. The summed E-state index contributed by atoms with van der Waals surface area (Å²) < 4.78 is 10.6. The van der Waals surface area contributed by atoms with Crippen molar-refractivity contribution < 1.29 is 9.47 Å². The molecule has 15 heavy (non-hydrogen) atoms. The fourth-order valence-electron chi connectivity index (χ4n) is 1.34. The zero-order valence-corrected chi connectivity index (χ0v) is 9.33. The molecule has 4 nitrogen and oxygen atoms in total. The predicted molar refractivity (Wildman–Crippen MR) is 56.4 cm³/mol. The second-order valence-corrected chi connectivity index (χ2v) is 3.94. The van der Waals surface area contributed by atoms with Gasteiger partial charge in [-0.25, -0.2) is 4.98 Å². The number of halogens is 1. The van der Waals surface area contributed by atoms with Gasteiger partial charge in [-0.05, 0) is 12.3 Å². The number of aromatic nitrogens is 2. The molecule has 0 N–H and O–H groups in total. The third kappa shape index (κ3) is 2.72. The third-order valence-electron chi connectivity index (χ3n) is 2.39. The van der Waals surface area contributed by atoms with Gasteiger partial charge in [-0.15, -0.1) is 0 Å². The van der Waals surface area contributed by atoms with E-state index < -0.39 is 0 Å². The Morgan fingerprint density at radius 3 is 2.93 bits per heavy atom. The van der Waals surface area contributed by atoms with Crippen molar-refractivity contribution in [2.75, 3.05) is 13.7 Å². The highest BCUT2D eigenvalue weighted by atomic mass is 35.5. The molecule has 1 aromatic rings. The quantitative estimate of drug-likeness (QED) is 0.726. The van der Waals surface area contributed by atoms with Crippen molar-refractivity contribution in [2.45, 2.75) is 19.3 Å². The van der Waals surface area contributed by atoms with Gasteiger partial charge in [0.15, 0.2) is 5.15 Å². The first-order valence-electron chi connectivity index (χ1n) is 4.98. The van der Waals surface area contributed by atoms with Gasteiger partial charge in [0.2, 0.25) is 5.75 Å². The first kappa shape index (κ1) is 10.5. The number of ether oxygens (including phenoxy) is 2. The van der Waals surface area contributed by atoms with Gasteiger partial charge in [0.25, 0.3) is 5.88 Å². The van der Waals surface area contributed by atoms with Crippen molar-refractivity contribution in [2.24, 2.45) is 5.92 Å². The Morgan fingerprint density at radius 1 is 1.47 bits per heavy atom. The van der Waals surface area contributed by atoms with Crippen LogP contribution in [-0.2, 0) is 0 Å². The molecule has 1 saturated carbocycles. The summed E-state index contributed by atoms with van der Waals surface area (Å²) in [5.41, 5.74) is 0. The zero-order valence-electron chi connectivity index (χ0n) is 8.57. The molecule has 0 amide bonds. The molecular weight excluding hydrogens is 216 g/mol. The molecule has 2 rings (SSSR count). The first-order chi connectivity index (χ1) is 7.31. The van der Waals surface area contributed by atoms with E-state index in [0.717, 1.165) is 12.3 Å². The molecule has 0 atom stereocenters. The van der Waals surface area contributed by atoms with Crippen molar-refractivity contribution >= 4 is 11.6 Å². The number of nitrogens with zero attached hydrogens (tertiary/aromatic N) is 2. The summed E-state index contributed by atoms with van der Waals surface area (Å²) in [6.07, 6.45) is 5.10. The second-order valence-electron chi connectivity index (χ2n) is 3.58. The second kappa shape index (κ2) is 4.66. The van der Waals surface area contributed by atoms with Crippen LogP contribution in [0.5, 0.6) is 11.6 Å². The van der Waals surface area contributed by atoms with E-state index in [4.69, 9.17) is 21.1 Å². The minimum Gasteiger partial charge on any atom is -0.489 e. The average molecular weight is 229 g/mol. The van der Waals surface area contributed by atoms with Gasteiger partial charge in [-0.2, -0.15) is 4.98 Å². The Hall–Kier alpha value is -1.03. The van der Waals surface area contributed by atoms with Gasteiger partial charge < -0.3 is 9.47 Å². The first-order valence-corrected chi connectivity index (χ1v) is 5.36. The normalized spacial score (nSPS) is 15.1. The van der Waals surface area contributed by atoms with E-state index in [9.17, 15) is 0 Å². The van der Waals surface area contributed by atoms with Crippen LogP contribution in [0.1, 0.15) is 19.3 Å². The molecule has 82 valence electrons. The van der Waals surface area contributed by atoms with Crippen molar-refractivity contribution in [3.63, 3.8) is 0 Å². The molecule has 0 aliphatic heterocycles. The Morgan fingerprint density at radius 2 is 2.27 bits per heavy atom. The number of hydrogen-bond acceptors (Lipinski definition) is 4. The average Bonchev–Trinajstić information content (AvgIpc) is 3.02. The van der Waals surface area contributed by atoms with Crippen molar-refractivity contribution in [1.82, 2.24) is 9.97 Å². The number of hydrogen-bond donors (Lipinski definition) is 0. The minimum atomic E-state index is 0.286. The monoisotopic (exact) mass is 228 g/mol. The van der Waals surface area contributed by atoms with Crippen LogP contribution in [0, 0.1) is 5.92 Å². The van der Waals surface area contributed by atoms with E-state index >= 15 is 0 Å². The maximum atomic E-state index is 5.83. The molecule has 0 unspecified atom stereocenters. The highest BCUT2D eigenvalue weighted by molar-refractivity contribution is 6.31. The van der Waals surface area contributed by atoms with E-state index in [-0.39, 0.29) is 5.15 Å². The van der Waals surface area contributed by atoms with Crippen LogP contribution in [0.4, 0.5) is 0 Å². The molecule has 1 aromatic heterocycles. The molecule has 5 heteroatoms. The highest BCUT2D eigenvalue weighted by Crippen LogP contribution is 2.34. The molecular formula is C10H13ClN2O2. The Kier molecular flexibility index (Phi) is 3.26. The highest BCUT2D eigenvalue weighted by Gasteiger charge is 2.21. The van der Waals surface area contributed by atoms with Gasteiger partial charge in [0.05, 0.1) is 13.7 Å². The zero-order chi connectivity index (χ0) is 10.7. The van der Waals surface area contributed by atoms with E-state index in [2.05, 4.69) is 9.97 Å². The summed E-state index contributed by atoms with van der Waals surface area (Å²) in [6, 6.07) is 0. The van der Waals surface area contributed by atoms with Crippen molar-refractivity contribution in [3.05, 3.63) is 11.5 Å². The summed E-state index contributed by atoms with van der Waals surface area (Å²) >= 11 is 5.83. The summed E-state index contributed by atoms with van der Waals surface area (Å²) in [6.45, 7) is 0.661. The van der Waals surface area contributed by atoms with Crippen LogP contribution in [-0.4, -0.2) is 23.7 Å².